The number of carbonyl (C=O) groups excluding carboxylic acids is 1. The number of esters is 1. The number of ether oxygens (including phenoxy) is 1. The second-order valence-electron chi connectivity index (χ2n) is 3.56. The molecule has 100 valence electrons. The number of hydrogen-bond acceptors (Lipinski definition) is 9. The largest absolute Gasteiger partial charge is 0.468 e. The van der Waals surface area contributed by atoms with Crippen LogP contribution in [0.4, 0.5) is 0 Å². The van der Waals surface area contributed by atoms with Gasteiger partial charge in [0.25, 0.3) is 0 Å². The lowest BCUT2D eigenvalue weighted by atomic mass is 10.4. The highest BCUT2D eigenvalue weighted by molar-refractivity contribution is 7.99. The minimum Gasteiger partial charge on any atom is -0.468 e. The van der Waals surface area contributed by atoms with Gasteiger partial charge < -0.3 is 4.74 Å². The lowest BCUT2D eigenvalue weighted by molar-refractivity contribution is -0.141. The minimum atomic E-state index is -0.437. The summed E-state index contributed by atoms with van der Waals surface area (Å²) in [6.07, 6.45) is 0. The number of methoxy groups -OCH3 is 1. The van der Waals surface area contributed by atoms with Crippen LogP contribution in [0.3, 0.4) is 0 Å². The van der Waals surface area contributed by atoms with E-state index in [1.807, 2.05) is 13.8 Å². The second-order valence-corrected chi connectivity index (χ2v) is 4.50. The smallest absolute Gasteiger partial charge is 0.327 e. The molecule has 2 heterocycles. The van der Waals surface area contributed by atoms with Crippen LogP contribution in [0.15, 0.2) is 10.3 Å². The molecule has 0 aliphatic carbocycles. The Morgan fingerprint density at radius 2 is 2.05 bits per heavy atom. The van der Waals surface area contributed by atoms with Crippen molar-refractivity contribution in [1.82, 2.24) is 35.4 Å². The average Bonchev–Trinajstić information content (AvgIpc) is 2.81. The molecule has 2 aromatic heterocycles. The van der Waals surface area contributed by atoms with E-state index < -0.39 is 5.97 Å². The van der Waals surface area contributed by atoms with Crippen LogP contribution in [-0.4, -0.2) is 48.5 Å². The third-order valence-corrected chi connectivity index (χ3v) is 3.09. The van der Waals surface area contributed by atoms with Gasteiger partial charge in [0.15, 0.2) is 0 Å². The molecule has 10 heteroatoms. The summed E-state index contributed by atoms with van der Waals surface area (Å²) in [7, 11) is 1.30. The molecular weight excluding hydrogens is 270 g/mol. The van der Waals surface area contributed by atoms with E-state index in [1.54, 1.807) is 0 Å². The monoisotopic (exact) mass is 281 g/mol. The number of hydrogen-bond donors (Lipinski definition) is 0. The Bertz CT molecular complexity index is 600. The SMILES string of the molecule is COC(=O)Cn1nnnc1Sc1nnc(C)c(C)n1. The van der Waals surface area contributed by atoms with E-state index >= 15 is 0 Å². The van der Waals surface area contributed by atoms with Crippen molar-refractivity contribution in [3.05, 3.63) is 11.4 Å². The molecule has 0 saturated carbocycles. The van der Waals surface area contributed by atoms with Crippen LogP contribution in [0.2, 0.25) is 0 Å². The quantitative estimate of drug-likeness (QED) is 0.703. The summed E-state index contributed by atoms with van der Waals surface area (Å²) in [6.45, 7) is 3.60. The third-order valence-electron chi connectivity index (χ3n) is 2.26. The molecule has 0 amide bonds. The predicted octanol–water partition coefficient (Wildman–Crippen LogP) is -0.201. The van der Waals surface area contributed by atoms with E-state index in [2.05, 4.69) is 35.4 Å². The number of aromatic nitrogens is 7. The normalized spacial score (nSPS) is 10.5. The number of carbonyl (C=O) groups is 1. The maximum absolute atomic E-state index is 11.2. The summed E-state index contributed by atoms with van der Waals surface area (Å²) < 4.78 is 5.87. The standard InChI is InChI=1S/C9H11N7O2S/c1-5-6(2)11-12-8(10-5)19-9-13-14-15-16(9)4-7(17)18-3/h4H2,1-3H3. The van der Waals surface area contributed by atoms with Crippen molar-refractivity contribution in [2.45, 2.75) is 30.7 Å². The van der Waals surface area contributed by atoms with E-state index in [9.17, 15) is 4.79 Å². The lowest BCUT2D eigenvalue weighted by Crippen LogP contribution is -2.14. The fraction of sp³-hybridized carbons (Fsp3) is 0.444. The van der Waals surface area contributed by atoms with Gasteiger partial charge in [-0.3, -0.25) is 4.79 Å². The van der Waals surface area contributed by atoms with Crippen LogP contribution >= 0.6 is 11.8 Å². The average molecular weight is 281 g/mol. The number of rotatable bonds is 4. The Morgan fingerprint density at radius 1 is 1.26 bits per heavy atom. The van der Waals surface area contributed by atoms with Crippen LogP contribution in [0.5, 0.6) is 0 Å². The van der Waals surface area contributed by atoms with Crippen molar-refractivity contribution in [3.8, 4) is 0 Å². The van der Waals surface area contributed by atoms with Crippen molar-refractivity contribution < 1.29 is 9.53 Å². The van der Waals surface area contributed by atoms with Gasteiger partial charge in [-0.15, -0.1) is 10.2 Å². The fourth-order valence-corrected chi connectivity index (χ4v) is 1.83. The van der Waals surface area contributed by atoms with Gasteiger partial charge in [-0.1, -0.05) is 0 Å². The summed E-state index contributed by atoms with van der Waals surface area (Å²) in [5, 5.41) is 19.7. The van der Waals surface area contributed by atoms with Gasteiger partial charge in [0, 0.05) is 0 Å². The van der Waals surface area contributed by atoms with Crippen LogP contribution in [0.1, 0.15) is 11.4 Å². The van der Waals surface area contributed by atoms with Crippen LogP contribution in [0.25, 0.3) is 0 Å². The Hall–Kier alpha value is -2.10. The first-order chi connectivity index (χ1) is 9.10. The molecule has 0 aliphatic heterocycles. The molecule has 0 bridgehead atoms. The zero-order valence-electron chi connectivity index (χ0n) is 10.6. The van der Waals surface area contributed by atoms with Crippen molar-refractivity contribution in [2.75, 3.05) is 7.11 Å². The Kier molecular flexibility index (Phi) is 4.00. The molecule has 0 radical (unpaired) electrons. The van der Waals surface area contributed by atoms with E-state index in [0.29, 0.717) is 10.3 Å². The first-order valence-electron chi connectivity index (χ1n) is 5.29. The second kappa shape index (κ2) is 5.69. The van der Waals surface area contributed by atoms with Gasteiger partial charge in [0.2, 0.25) is 10.3 Å². The first-order valence-corrected chi connectivity index (χ1v) is 6.10. The van der Waals surface area contributed by atoms with Crippen molar-refractivity contribution in [2.24, 2.45) is 0 Å². The summed E-state index contributed by atoms with van der Waals surface area (Å²) in [6, 6.07) is 0. The maximum atomic E-state index is 11.2. The van der Waals surface area contributed by atoms with E-state index in [0.717, 1.165) is 23.1 Å². The molecule has 0 aromatic carbocycles. The van der Waals surface area contributed by atoms with Crippen LogP contribution in [0, 0.1) is 13.8 Å². The number of tetrazole rings is 1. The van der Waals surface area contributed by atoms with Gasteiger partial charge in [-0.2, -0.15) is 5.10 Å². The third kappa shape index (κ3) is 3.22. The molecule has 0 saturated heterocycles. The molecule has 0 unspecified atom stereocenters. The molecule has 2 rings (SSSR count). The fourth-order valence-electron chi connectivity index (χ4n) is 1.12. The molecule has 0 fully saturated rings. The Labute approximate surface area is 112 Å². The number of nitrogens with zero attached hydrogens (tertiary/aromatic N) is 7. The van der Waals surface area contributed by atoms with Gasteiger partial charge in [0.1, 0.15) is 6.54 Å². The molecule has 0 atom stereocenters. The lowest BCUT2D eigenvalue weighted by Gasteiger charge is -2.02. The van der Waals surface area contributed by atoms with Crippen molar-refractivity contribution in [1.29, 1.82) is 0 Å². The van der Waals surface area contributed by atoms with Gasteiger partial charge >= 0.3 is 5.97 Å². The first kappa shape index (κ1) is 13.3. The molecule has 19 heavy (non-hydrogen) atoms. The van der Waals surface area contributed by atoms with Crippen LogP contribution < -0.4 is 0 Å². The van der Waals surface area contributed by atoms with Crippen LogP contribution in [-0.2, 0) is 16.1 Å². The minimum absolute atomic E-state index is 0.0654. The van der Waals surface area contributed by atoms with Gasteiger partial charge in [0.05, 0.1) is 18.5 Å². The summed E-state index contributed by atoms with van der Waals surface area (Å²) >= 11 is 1.13. The summed E-state index contributed by atoms with van der Waals surface area (Å²) in [4.78, 5) is 15.4. The maximum Gasteiger partial charge on any atom is 0.327 e. The Morgan fingerprint density at radius 3 is 2.74 bits per heavy atom. The Balaban J connectivity index is 2.17. The molecule has 0 aliphatic rings. The van der Waals surface area contributed by atoms with Gasteiger partial charge in [-0.25, -0.2) is 9.67 Å². The van der Waals surface area contributed by atoms with E-state index in [4.69, 9.17) is 0 Å². The van der Waals surface area contributed by atoms with E-state index in [-0.39, 0.29) is 6.54 Å². The number of aryl methyl sites for hydroxylation is 2. The highest BCUT2D eigenvalue weighted by Gasteiger charge is 2.14. The zero-order chi connectivity index (χ0) is 13.8. The predicted molar refractivity (Wildman–Crippen MR) is 63.3 cm³/mol. The van der Waals surface area contributed by atoms with Crippen molar-refractivity contribution in [3.63, 3.8) is 0 Å². The topological polar surface area (TPSA) is 109 Å². The summed E-state index contributed by atoms with van der Waals surface area (Å²) in [5.74, 6) is -0.437. The molecule has 9 nitrogen and oxygen atoms in total. The summed E-state index contributed by atoms with van der Waals surface area (Å²) in [5.41, 5.74) is 1.54. The van der Waals surface area contributed by atoms with E-state index in [1.165, 1.54) is 11.8 Å². The molecular formula is C9H11N7O2S. The van der Waals surface area contributed by atoms with Crippen molar-refractivity contribution >= 4 is 17.7 Å². The molecule has 0 spiro atoms. The molecule has 0 N–H and O–H groups in total. The van der Waals surface area contributed by atoms with Gasteiger partial charge in [-0.05, 0) is 36.0 Å². The highest BCUT2D eigenvalue weighted by atomic mass is 32.2. The zero-order valence-corrected chi connectivity index (χ0v) is 11.4. The highest BCUT2D eigenvalue weighted by Crippen LogP contribution is 2.21. The molecule has 2 aromatic rings.